The lowest BCUT2D eigenvalue weighted by molar-refractivity contribution is -0.0914. The van der Waals surface area contributed by atoms with Gasteiger partial charge < -0.3 is 14.8 Å². The number of fused-ring (bicyclic) bond motifs is 3. The van der Waals surface area contributed by atoms with Gasteiger partial charge in [0.1, 0.15) is 10.6 Å². The first-order chi connectivity index (χ1) is 10.8. The van der Waals surface area contributed by atoms with E-state index in [0.717, 1.165) is 22.2 Å². The van der Waals surface area contributed by atoms with E-state index in [2.05, 4.69) is 10.3 Å². The lowest BCUT2D eigenvalue weighted by Gasteiger charge is -2.16. The molecule has 0 amide bonds. The number of thiophene rings is 1. The van der Waals surface area contributed by atoms with E-state index in [-0.39, 0.29) is 6.29 Å². The predicted molar refractivity (Wildman–Crippen MR) is 92.1 cm³/mol. The number of hydrogen-bond donors (Lipinski definition) is 1. The minimum Gasteiger partial charge on any atom is -0.364 e. The SMILES string of the molecule is COC(CNc1nc(SC)nc2sc3c(c12)CCCC3)OC. The molecule has 2 aromatic heterocycles. The van der Waals surface area contributed by atoms with Gasteiger partial charge in [-0.05, 0) is 37.5 Å². The summed E-state index contributed by atoms with van der Waals surface area (Å²) >= 11 is 3.39. The topological polar surface area (TPSA) is 56.3 Å². The van der Waals surface area contributed by atoms with Gasteiger partial charge in [-0.1, -0.05) is 11.8 Å². The fraction of sp³-hybridized carbons (Fsp3) is 0.600. The van der Waals surface area contributed by atoms with Gasteiger partial charge in [-0.25, -0.2) is 9.97 Å². The normalized spacial score (nSPS) is 14.5. The van der Waals surface area contributed by atoms with Gasteiger partial charge >= 0.3 is 0 Å². The standard InChI is InChI=1S/C15H21N3O2S2/c1-19-11(20-2)8-16-13-12-9-6-4-5-7-10(9)22-14(12)18-15(17-13)21-3/h11H,4-8H2,1-3H3,(H,16,17,18). The zero-order valence-corrected chi connectivity index (χ0v) is 14.8. The van der Waals surface area contributed by atoms with Crippen LogP contribution in [0.5, 0.6) is 0 Å². The van der Waals surface area contributed by atoms with Crippen molar-refractivity contribution in [3.63, 3.8) is 0 Å². The number of methoxy groups -OCH3 is 2. The highest BCUT2D eigenvalue weighted by Gasteiger charge is 2.21. The fourth-order valence-electron chi connectivity index (χ4n) is 2.80. The summed E-state index contributed by atoms with van der Waals surface area (Å²) in [6, 6.07) is 0. The zero-order chi connectivity index (χ0) is 15.5. The third kappa shape index (κ3) is 3.08. The van der Waals surface area contributed by atoms with Crippen LogP contribution in [0.4, 0.5) is 5.82 Å². The van der Waals surface area contributed by atoms with Crippen LogP contribution in [0.3, 0.4) is 0 Å². The molecule has 0 fully saturated rings. The van der Waals surface area contributed by atoms with Crippen molar-refractivity contribution in [2.45, 2.75) is 37.1 Å². The Morgan fingerprint density at radius 3 is 2.73 bits per heavy atom. The lowest BCUT2D eigenvalue weighted by Crippen LogP contribution is -2.24. The summed E-state index contributed by atoms with van der Waals surface area (Å²) in [5, 5.41) is 5.40. The van der Waals surface area contributed by atoms with Crippen LogP contribution >= 0.6 is 23.1 Å². The minimum absolute atomic E-state index is 0.280. The van der Waals surface area contributed by atoms with Gasteiger partial charge in [-0.15, -0.1) is 11.3 Å². The van der Waals surface area contributed by atoms with E-state index in [1.807, 2.05) is 17.6 Å². The van der Waals surface area contributed by atoms with Crippen LogP contribution in [0.2, 0.25) is 0 Å². The van der Waals surface area contributed by atoms with Crippen molar-refractivity contribution in [1.82, 2.24) is 9.97 Å². The van der Waals surface area contributed by atoms with E-state index in [9.17, 15) is 0 Å². The van der Waals surface area contributed by atoms with E-state index < -0.39 is 0 Å². The Morgan fingerprint density at radius 2 is 2.00 bits per heavy atom. The molecular weight excluding hydrogens is 318 g/mol. The molecule has 0 aromatic carbocycles. The van der Waals surface area contributed by atoms with E-state index >= 15 is 0 Å². The number of nitrogens with one attached hydrogen (secondary N) is 1. The molecule has 120 valence electrons. The Kier molecular flexibility index (Phi) is 5.18. The van der Waals surface area contributed by atoms with Gasteiger partial charge in [-0.2, -0.15) is 0 Å². The number of hydrogen-bond acceptors (Lipinski definition) is 7. The largest absolute Gasteiger partial charge is 0.364 e. The average Bonchev–Trinajstić information content (AvgIpc) is 2.93. The zero-order valence-electron chi connectivity index (χ0n) is 13.1. The van der Waals surface area contributed by atoms with E-state index in [4.69, 9.17) is 14.5 Å². The molecule has 3 rings (SSSR count). The monoisotopic (exact) mass is 339 g/mol. The molecule has 0 saturated carbocycles. The number of aromatic nitrogens is 2. The Labute approximate surface area is 138 Å². The van der Waals surface area contributed by atoms with Crippen molar-refractivity contribution in [1.29, 1.82) is 0 Å². The Balaban J connectivity index is 2.00. The summed E-state index contributed by atoms with van der Waals surface area (Å²) in [7, 11) is 3.29. The molecule has 0 bridgehead atoms. The first-order valence-corrected chi connectivity index (χ1v) is 9.46. The van der Waals surface area contributed by atoms with Crippen molar-refractivity contribution in [3.8, 4) is 0 Å². The number of rotatable bonds is 6. The lowest BCUT2D eigenvalue weighted by atomic mass is 9.97. The number of ether oxygens (including phenoxy) is 2. The van der Waals surface area contributed by atoms with Crippen molar-refractivity contribution in [2.75, 3.05) is 32.3 Å². The molecule has 1 N–H and O–H groups in total. The van der Waals surface area contributed by atoms with Crippen LogP contribution in [0.25, 0.3) is 10.2 Å². The summed E-state index contributed by atoms with van der Waals surface area (Å²) < 4.78 is 10.5. The molecule has 7 heteroatoms. The molecule has 2 aromatic rings. The van der Waals surface area contributed by atoms with Gasteiger partial charge in [0.05, 0.1) is 11.9 Å². The third-order valence-corrected chi connectivity index (χ3v) is 5.67. The molecule has 0 saturated heterocycles. The smallest absolute Gasteiger partial charge is 0.190 e. The fourth-order valence-corrected chi connectivity index (χ4v) is 4.48. The molecule has 1 aliphatic rings. The van der Waals surface area contributed by atoms with Crippen molar-refractivity contribution < 1.29 is 9.47 Å². The maximum Gasteiger partial charge on any atom is 0.190 e. The number of thioether (sulfide) groups is 1. The molecular formula is C15H21N3O2S2. The predicted octanol–water partition coefficient (Wildman–Crippen LogP) is 3.32. The molecule has 0 spiro atoms. The van der Waals surface area contributed by atoms with E-state index in [0.29, 0.717) is 6.54 Å². The Hall–Kier alpha value is -0.890. The summed E-state index contributed by atoms with van der Waals surface area (Å²) in [5.74, 6) is 0.910. The summed E-state index contributed by atoms with van der Waals surface area (Å²) in [4.78, 5) is 11.9. The highest BCUT2D eigenvalue weighted by molar-refractivity contribution is 7.98. The van der Waals surface area contributed by atoms with E-state index in [1.54, 1.807) is 26.0 Å². The quantitative estimate of drug-likeness (QED) is 0.495. The van der Waals surface area contributed by atoms with Crippen LogP contribution in [0.15, 0.2) is 5.16 Å². The second kappa shape index (κ2) is 7.12. The van der Waals surface area contributed by atoms with Gasteiger partial charge in [0, 0.05) is 19.1 Å². The number of nitrogens with zero attached hydrogens (tertiary/aromatic N) is 2. The number of anilines is 1. The highest BCUT2D eigenvalue weighted by atomic mass is 32.2. The molecule has 5 nitrogen and oxygen atoms in total. The van der Waals surface area contributed by atoms with Crippen molar-refractivity contribution >= 4 is 39.1 Å². The molecule has 22 heavy (non-hydrogen) atoms. The molecule has 0 unspecified atom stereocenters. The molecule has 1 aliphatic carbocycles. The summed E-state index contributed by atoms with van der Waals surface area (Å²) in [6.07, 6.45) is 6.55. The molecule has 0 aliphatic heterocycles. The molecule has 0 atom stereocenters. The number of aryl methyl sites for hydroxylation is 2. The summed E-state index contributed by atoms with van der Waals surface area (Å²) in [6.45, 7) is 0.567. The maximum atomic E-state index is 5.25. The Bertz CT molecular complexity index is 656. The van der Waals surface area contributed by atoms with Gasteiger partial charge in [0.25, 0.3) is 0 Å². The minimum atomic E-state index is -0.280. The summed E-state index contributed by atoms with van der Waals surface area (Å²) in [5.41, 5.74) is 1.44. The van der Waals surface area contributed by atoms with Crippen molar-refractivity contribution in [2.24, 2.45) is 0 Å². The van der Waals surface area contributed by atoms with Crippen LogP contribution in [0.1, 0.15) is 23.3 Å². The van der Waals surface area contributed by atoms with Gasteiger partial charge in [0.2, 0.25) is 0 Å². The van der Waals surface area contributed by atoms with Gasteiger partial charge in [0.15, 0.2) is 11.4 Å². The second-order valence-corrected chi connectivity index (χ2v) is 7.09. The second-order valence-electron chi connectivity index (χ2n) is 5.23. The van der Waals surface area contributed by atoms with Crippen LogP contribution in [-0.2, 0) is 22.3 Å². The third-order valence-electron chi connectivity index (χ3n) is 3.94. The first kappa shape index (κ1) is 16.0. The maximum absolute atomic E-state index is 5.25. The van der Waals surface area contributed by atoms with Gasteiger partial charge in [-0.3, -0.25) is 0 Å². The molecule has 2 heterocycles. The van der Waals surface area contributed by atoms with Crippen LogP contribution < -0.4 is 5.32 Å². The van der Waals surface area contributed by atoms with Crippen LogP contribution in [0, 0.1) is 0 Å². The van der Waals surface area contributed by atoms with Crippen LogP contribution in [-0.4, -0.2) is 43.3 Å². The van der Waals surface area contributed by atoms with Crippen molar-refractivity contribution in [3.05, 3.63) is 10.4 Å². The first-order valence-electron chi connectivity index (χ1n) is 7.42. The average molecular weight is 339 g/mol. The van der Waals surface area contributed by atoms with E-state index in [1.165, 1.54) is 35.1 Å². The Morgan fingerprint density at radius 1 is 1.23 bits per heavy atom. The molecule has 0 radical (unpaired) electrons. The highest BCUT2D eigenvalue weighted by Crippen LogP contribution is 2.39.